The predicted molar refractivity (Wildman–Crippen MR) is 105 cm³/mol. The minimum atomic E-state index is -0.522. The average molecular weight is 373 g/mol. The van der Waals surface area contributed by atoms with Gasteiger partial charge in [0.15, 0.2) is 5.69 Å². The van der Waals surface area contributed by atoms with Crippen LogP contribution >= 0.6 is 0 Å². The fourth-order valence-electron chi connectivity index (χ4n) is 3.10. The zero-order valence-corrected chi connectivity index (χ0v) is 15.6. The summed E-state index contributed by atoms with van der Waals surface area (Å²) in [6.45, 7) is 4.04. The number of nitrogens with zero attached hydrogens (tertiary/aromatic N) is 3. The van der Waals surface area contributed by atoms with Crippen LogP contribution in [-0.2, 0) is 4.74 Å². The van der Waals surface area contributed by atoms with E-state index in [1.165, 1.54) is 6.26 Å². The number of rotatable bonds is 5. The summed E-state index contributed by atoms with van der Waals surface area (Å²) in [5.41, 5.74) is 4.77. The Kier molecular flexibility index (Phi) is 4.76. The summed E-state index contributed by atoms with van der Waals surface area (Å²) in [7, 11) is 0. The van der Waals surface area contributed by atoms with Gasteiger partial charge in [-0.15, -0.1) is 0 Å². The highest BCUT2D eigenvalue weighted by molar-refractivity contribution is 5.87. The smallest absolute Gasteiger partial charge is 0.360 e. The SMILES string of the molecule is CCOC(=O)c1coc(-n2nc(-c3ccccc3)c(C)c2-c2ccccc2)n1. The molecule has 2 heterocycles. The van der Waals surface area contributed by atoms with Crippen molar-refractivity contribution in [3.63, 3.8) is 0 Å². The molecule has 0 unspecified atom stereocenters. The molecule has 0 radical (unpaired) electrons. The van der Waals surface area contributed by atoms with Crippen LogP contribution in [0.5, 0.6) is 0 Å². The molecule has 0 aliphatic rings. The van der Waals surface area contributed by atoms with E-state index in [1.54, 1.807) is 11.6 Å². The molecule has 4 rings (SSSR count). The normalized spacial score (nSPS) is 10.8. The number of carbonyl (C=O) groups excluding carboxylic acids is 1. The van der Waals surface area contributed by atoms with Gasteiger partial charge in [0.2, 0.25) is 0 Å². The Hall–Kier alpha value is -3.67. The average Bonchev–Trinajstić information content (AvgIpc) is 3.34. The van der Waals surface area contributed by atoms with E-state index in [4.69, 9.17) is 14.3 Å². The van der Waals surface area contributed by atoms with Gasteiger partial charge in [-0.2, -0.15) is 14.8 Å². The van der Waals surface area contributed by atoms with Crippen LogP contribution in [-0.4, -0.2) is 27.3 Å². The van der Waals surface area contributed by atoms with Crippen LogP contribution in [0.1, 0.15) is 23.0 Å². The van der Waals surface area contributed by atoms with Gasteiger partial charge in [0.25, 0.3) is 0 Å². The minimum Gasteiger partial charge on any atom is -0.461 e. The number of benzene rings is 2. The molecule has 0 saturated heterocycles. The van der Waals surface area contributed by atoms with Crippen molar-refractivity contribution in [2.75, 3.05) is 6.61 Å². The molecule has 6 heteroatoms. The lowest BCUT2D eigenvalue weighted by Gasteiger charge is -2.04. The van der Waals surface area contributed by atoms with Crippen molar-refractivity contribution in [1.82, 2.24) is 14.8 Å². The fraction of sp³-hybridized carbons (Fsp3) is 0.136. The summed E-state index contributed by atoms with van der Waals surface area (Å²) in [5.74, 6) is -0.522. The number of hydrogen-bond acceptors (Lipinski definition) is 5. The number of esters is 1. The Morgan fingerprint density at radius 2 is 1.68 bits per heavy atom. The van der Waals surface area contributed by atoms with E-state index in [2.05, 4.69) is 4.98 Å². The van der Waals surface area contributed by atoms with Crippen molar-refractivity contribution in [1.29, 1.82) is 0 Å². The molecule has 4 aromatic rings. The van der Waals surface area contributed by atoms with Crippen LogP contribution in [0.15, 0.2) is 71.3 Å². The van der Waals surface area contributed by atoms with Crippen LogP contribution in [0.3, 0.4) is 0 Å². The summed E-state index contributed by atoms with van der Waals surface area (Å²) in [5, 5.41) is 4.75. The van der Waals surface area contributed by atoms with E-state index in [9.17, 15) is 4.79 Å². The first-order valence-electron chi connectivity index (χ1n) is 9.02. The molecule has 0 spiro atoms. The quantitative estimate of drug-likeness (QED) is 0.475. The monoisotopic (exact) mass is 373 g/mol. The molecule has 0 atom stereocenters. The van der Waals surface area contributed by atoms with Crippen molar-refractivity contribution in [2.24, 2.45) is 0 Å². The largest absolute Gasteiger partial charge is 0.461 e. The molecule has 0 fully saturated rings. The summed E-state index contributed by atoms with van der Waals surface area (Å²) < 4.78 is 12.2. The Balaban J connectivity index is 1.88. The third-order valence-corrected chi connectivity index (χ3v) is 4.37. The number of oxazole rings is 1. The summed E-state index contributed by atoms with van der Waals surface area (Å²) in [6.07, 6.45) is 1.29. The molecule has 28 heavy (non-hydrogen) atoms. The lowest BCUT2D eigenvalue weighted by molar-refractivity contribution is 0.0519. The molecule has 2 aromatic carbocycles. The lowest BCUT2D eigenvalue weighted by Crippen LogP contribution is -2.06. The molecule has 0 aliphatic carbocycles. The summed E-state index contributed by atoms with van der Waals surface area (Å²) in [4.78, 5) is 16.3. The highest BCUT2D eigenvalue weighted by Crippen LogP contribution is 2.33. The van der Waals surface area contributed by atoms with Crippen LogP contribution in [0.25, 0.3) is 28.5 Å². The van der Waals surface area contributed by atoms with Crippen molar-refractivity contribution >= 4 is 5.97 Å². The number of hydrogen-bond donors (Lipinski definition) is 0. The molecule has 0 amide bonds. The lowest BCUT2D eigenvalue weighted by atomic mass is 10.0. The standard InChI is InChI=1S/C22H19N3O3/c1-3-27-21(26)18-14-28-22(23-18)25-20(17-12-8-5-9-13-17)15(2)19(24-25)16-10-6-4-7-11-16/h4-14H,3H2,1-2H3. The van der Waals surface area contributed by atoms with Gasteiger partial charge >= 0.3 is 12.0 Å². The molecular formula is C22H19N3O3. The van der Waals surface area contributed by atoms with Gasteiger partial charge in [0, 0.05) is 16.7 Å². The van der Waals surface area contributed by atoms with E-state index in [0.29, 0.717) is 0 Å². The maximum absolute atomic E-state index is 12.0. The van der Waals surface area contributed by atoms with Crippen molar-refractivity contribution in [3.05, 3.63) is 78.2 Å². The topological polar surface area (TPSA) is 70.2 Å². The maximum Gasteiger partial charge on any atom is 0.360 e. The molecule has 0 saturated carbocycles. The van der Waals surface area contributed by atoms with Gasteiger partial charge in [-0.1, -0.05) is 60.7 Å². The zero-order chi connectivity index (χ0) is 19.5. The van der Waals surface area contributed by atoms with E-state index >= 15 is 0 Å². The van der Waals surface area contributed by atoms with E-state index in [0.717, 1.165) is 28.1 Å². The Morgan fingerprint density at radius 1 is 1.04 bits per heavy atom. The van der Waals surface area contributed by atoms with Crippen LogP contribution < -0.4 is 0 Å². The molecule has 140 valence electrons. The van der Waals surface area contributed by atoms with Gasteiger partial charge in [-0.05, 0) is 13.8 Å². The first kappa shape index (κ1) is 17.7. The minimum absolute atomic E-state index is 0.116. The highest BCUT2D eigenvalue weighted by Gasteiger charge is 2.22. The first-order chi connectivity index (χ1) is 13.7. The fourth-order valence-corrected chi connectivity index (χ4v) is 3.10. The van der Waals surface area contributed by atoms with Crippen LogP contribution in [0.2, 0.25) is 0 Å². The molecule has 0 bridgehead atoms. The Bertz CT molecular complexity index is 1100. The number of ether oxygens (including phenoxy) is 1. The Labute approximate surface area is 162 Å². The van der Waals surface area contributed by atoms with Gasteiger partial charge in [-0.3, -0.25) is 0 Å². The molecule has 6 nitrogen and oxygen atoms in total. The Morgan fingerprint density at radius 3 is 2.32 bits per heavy atom. The van der Waals surface area contributed by atoms with E-state index < -0.39 is 5.97 Å². The van der Waals surface area contributed by atoms with Crippen LogP contribution in [0.4, 0.5) is 0 Å². The third-order valence-electron chi connectivity index (χ3n) is 4.37. The van der Waals surface area contributed by atoms with Gasteiger partial charge < -0.3 is 9.15 Å². The maximum atomic E-state index is 12.0. The molecule has 0 aliphatic heterocycles. The van der Waals surface area contributed by atoms with Crippen molar-refractivity contribution in [2.45, 2.75) is 13.8 Å². The zero-order valence-electron chi connectivity index (χ0n) is 15.6. The predicted octanol–water partition coefficient (Wildman–Crippen LogP) is 4.68. The third kappa shape index (κ3) is 3.20. The number of carbonyl (C=O) groups is 1. The molecule has 0 N–H and O–H groups in total. The summed E-state index contributed by atoms with van der Waals surface area (Å²) in [6, 6.07) is 20.0. The van der Waals surface area contributed by atoms with E-state index in [-0.39, 0.29) is 18.3 Å². The van der Waals surface area contributed by atoms with Gasteiger partial charge in [0.05, 0.1) is 18.0 Å². The van der Waals surface area contributed by atoms with E-state index in [1.807, 2.05) is 67.6 Å². The highest BCUT2D eigenvalue weighted by atomic mass is 16.5. The second kappa shape index (κ2) is 7.52. The molecular weight excluding hydrogens is 354 g/mol. The number of aromatic nitrogens is 3. The van der Waals surface area contributed by atoms with Gasteiger partial charge in [0.1, 0.15) is 6.26 Å². The first-order valence-corrected chi connectivity index (χ1v) is 9.02. The summed E-state index contributed by atoms with van der Waals surface area (Å²) >= 11 is 0. The second-order valence-corrected chi connectivity index (χ2v) is 6.20. The van der Waals surface area contributed by atoms with Crippen molar-refractivity contribution in [3.8, 4) is 28.5 Å². The van der Waals surface area contributed by atoms with Gasteiger partial charge in [-0.25, -0.2) is 4.79 Å². The van der Waals surface area contributed by atoms with Crippen molar-refractivity contribution < 1.29 is 13.9 Å². The van der Waals surface area contributed by atoms with Crippen LogP contribution in [0, 0.1) is 6.92 Å². The second-order valence-electron chi connectivity index (χ2n) is 6.20. The molecule has 2 aromatic heterocycles.